The van der Waals surface area contributed by atoms with Gasteiger partial charge in [0.1, 0.15) is 0 Å². The number of carbonyl (C=O) groups is 2. The summed E-state index contributed by atoms with van der Waals surface area (Å²) in [5.41, 5.74) is 7.02. The zero-order valence-electron chi connectivity index (χ0n) is 11.6. The number of likely N-dealkylation sites (tertiary alicyclic amines) is 1. The number of carbonyl (C=O) groups excluding carboxylic acids is 2. The molecule has 5 nitrogen and oxygen atoms in total. The lowest BCUT2D eigenvalue weighted by molar-refractivity contribution is 0.0473. The second-order valence-corrected chi connectivity index (χ2v) is 5.73. The van der Waals surface area contributed by atoms with Crippen LogP contribution in [-0.2, 0) is 0 Å². The van der Waals surface area contributed by atoms with Crippen molar-refractivity contribution in [3.8, 4) is 0 Å². The molecule has 1 saturated heterocycles. The molecule has 0 aromatic heterocycles. The molecule has 2 heterocycles. The molecule has 2 aliphatic heterocycles. The molecule has 2 N–H and O–H groups in total. The third-order valence-electron chi connectivity index (χ3n) is 4.28. The van der Waals surface area contributed by atoms with Crippen LogP contribution in [0, 0.1) is 5.92 Å². The Kier molecular flexibility index (Phi) is 3.31. The Morgan fingerprint density at radius 3 is 2.35 bits per heavy atom. The Balaban J connectivity index is 1.74. The van der Waals surface area contributed by atoms with Crippen LogP contribution in [0.1, 0.15) is 34.1 Å². The molecule has 20 heavy (non-hydrogen) atoms. The molecule has 0 bridgehead atoms. The van der Waals surface area contributed by atoms with Crippen molar-refractivity contribution in [3.05, 3.63) is 35.4 Å². The fourth-order valence-corrected chi connectivity index (χ4v) is 2.95. The highest BCUT2D eigenvalue weighted by molar-refractivity contribution is 6.21. The Bertz CT molecular complexity index is 523. The van der Waals surface area contributed by atoms with Gasteiger partial charge in [-0.15, -0.1) is 0 Å². The fourth-order valence-electron chi connectivity index (χ4n) is 2.95. The maximum absolute atomic E-state index is 12.3. The number of benzene rings is 1. The van der Waals surface area contributed by atoms with E-state index < -0.39 is 0 Å². The lowest BCUT2D eigenvalue weighted by atomic mass is 9.95. The van der Waals surface area contributed by atoms with Gasteiger partial charge in [-0.2, -0.15) is 0 Å². The first-order valence-corrected chi connectivity index (χ1v) is 7.01. The summed E-state index contributed by atoms with van der Waals surface area (Å²) in [6.07, 6.45) is 0.907. The Morgan fingerprint density at radius 1 is 1.20 bits per heavy atom. The van der Waals surface area contributed by atoms with Crippen LogP contribution in [0.4, 0.5) is 0 Å². The molecule has 106 valence electrons. The second-order valence-electron chi connectivity index (χ2n) is 5.73. The average molecular weight is 273 g/mol. The molecule has 1 fully saturated rings. The van der Waals surface area contributed by atoms with Crippen LogP contribution < -0.4 is 5.73 Å². The molecule has 2 atom stereocenters. The lowest BCUT2D eigenvalue weighted by Gasteiger charge is -2.36. The molecule has 1 aromatic rings. The van der Waals surface area contributed by atoms with Crippen molar-refractivity contribution in [2.24, 2.45) is 11.7 Å². The largest absolute Gasteiger partial charge is 0.327 e. The van der Waals surface area contributed by atoms with E-state index in [9.17, 15) is 9.59 Å². The first-order chi connectivity index (χ1) is 9.58. The van der Waals surface area contributed by atoms with Crippen LogP contribution >= 0.6 is 0 Å². The van der Waals surface area contributed by atoms with Gasteiger partial charge in [-0.1, -0.05) is 19.1 Å². The van der Waals surface area contributed by atoms with Crippen molar-refractivity contribution < 1.29 is 9.59 Å². The van der Waals surface area contributed by atoms with E-state index in [-0.39, 0.29) is 17.9 Å². The molecule has 0 spiro atoms. The topological polar surface area (TPSA) is 66.6 Å². The number of nitrogens with two attached hydrogens (primary N) is 1. The maximum Gasteiger partial charge on any atom is 0.262 e. The van der Waals surface area contributed by atoms with Crippen LogP contribution in [0.15, 0.2) is 24.3 Å². The standard InChI is InChI=1S/C15H19N3O2/c1-10-8-17(7-6-13(10)16)9-18-14(19)11-4-2-3-5-12(11)15(18)20/h2-5,10,13H,6-9,16H2,1H3. The number of piperidine rings is 1. The van der Waals surface area contributed by atoms with Gasteiger partial charge in [0.25, 0.3) is 11.8 Å². The Labute approximate surface area is 118 Å². The number of hydrogen-bond acceptors (Lipinski definition) is 4. The molecular formula is C15H19N3O2. The van der Waals surface area contributed by atoms with Gasteiger partial charge in [0.15, 0.2) is 0 Å². The fraction of sp³-hybridized carbons (Fsp3) is 0.467. The van der Waals surface area contributed by atoms with Crippen LogP contribution in [0.2, 0.25) is 0 Å². The third-order valence-corrected chi connectivity index (χ3v) is 4.28. The van der Waals surface area contributed by atoms with Gasteiger partial charge in [-0.05, 0) is 24.5 Å². The molecule has 2 aliphatic rings. The van der Waals surface area contributed by atoms with E-state index in [1.165, 1.54) is 4.90 Å². The highest BCUT2D eigenvalue weighted by Crippen LogP contribution is 2.24. The molecule has 1 aromatic carbocycles. The van der Waals surface area contributed by atoms with Crippen molar-refractivity contribution in [1.29, 1.82) is 0 Å². The zero-order valence-corrected chi connectivity index (χ0v) is 11.6. The molecule has 5 heteroatoms. The summed E-state index contributed by atoms with van der Waals surface area (Å²) in [5.74, 6) is 0.0141. The smallest absolute Gasteiger partial charge is 0.262 e. The predicted molar refractivity (Wildman–Crippen MR) is 75.1 cm³/mol. The molecule has 3 rings (SSSR count). The monoisotopic (exact) mass is 273 g/mol. The highest BCUT2D eigenvalue weighted by atomic mass is 16.2. The quantitative estimate of drug-likeness (QED) is 0.813. The minimum Gasteiger partial charge on any atom is -0.327 e. The van der Waals surface area contributed by atoms with Crippen LogP contribution in [0.3, 0.4) is 0 Å². The summed E-state index contributed by atoms with van der Waals surface area (Å²) in [6, 6.07) is 7.22. The SMILES string of the molecule is CC1CN(CN2C(=O)c3ccccc3C2=O)CCC1N. The van der Waals surface area contributed by atoms with Crippen molar-refractivity contribution in [2.45, 2.75) is 19.4 Å². The summed E-state index contributed by atoms with van der Waals surface area (Å²) in [5, 5.41) is 0. The van der Waals surface area contributed by atoms with E-state index in [1.54, 1.807) is 24.3 Å². The average Bonchev–Trinajstić information content (AvgIpc) is 2.69. The molecule has 0 radical (unpaired) electrons. The van der Waals surface area contributed by atoms with E-state index in [4.69, 9.17) is 5.73 Å². The van der Waals surface area contributed by atoms with Gasteiger partial charge in [-0.3, -0.25) is 19.4 Å². The van der Waals surface area contributed by atoms with Crippen molar-refractivity contribution in [2.75, 3.05) is 19.8 Å². The van der Waals surface area contributed by atoms with Crippen molar-refractivity contribution >= 4 is 11.8 Å². The van der Waals surface area contributed by atoms with Gasteiger partial charge >= 0.3 is 0 Å². The zero-order chi connectivity index (χ0) is 14.3. The first-order valence-electron chi connectivity index (χ1n) is 7.01. The molecule has 2 unspecified atom stereocenters. The number of imide groups is 1. The molecule has 2 amide bonds. The molecule has 0 saturated carbocycles. The normalized spacial score (nSPS) is 27.0. The summed E-state index contributed by atoms with van der Waals surface area (Å²) in [4.78, 5) is 28.0. The summed E-state index contributed by atoms with van der Waals surface area (Å²) in [6.45, 7) is 4.14. The third kappa shape index (κ3) is 2.13. The summed E-state index contributed by atoms with van der Waals surface area (Å²) >= 11 is 0. The van der Waals surface area contributed by atoms with E-state index in [1.807, 2.05) is 0 Å². The number of fused-ring (bicyclic) bond motifs is 1. The summed E-state index contributed by atoms with van der Waals surface area (Å²) in [7, 11) is 0. The van der Waals surface area contributed by atoms with E-state index >= 15 is 0 Å². The van der Waals surface area contributed by atoms with Crippen LogP contribution in [0.25, 0.3) is 0 Å². The highest BCUT2D eigenvalue weighted by Gasteiger charge is 2.36. The second kappa shape index (κ2) is 5.00. The van der Waals surface area contributed by atoms with Crippen LogP contribution in [0.5, 0.6) is 0 Å². The number of nitrogens with zero attached hydrogens (tertiary/aromatic N) is 2. The molecular weight excluding hydrogens is 254 g/mol. The van der Waals surface area contributed by atoms with Crippen LogP contribution in [-0.4, -0.2) is 47.4 Å². The number of hydrogen-bond donors (Lipinski definition) is 1. The van der Waals surface area contributed by atoms with E-state index in [2.05, 4.69) is 11.8 Å². The van der Waals surface area contributed by atoms with E-state index in [0.717, 1.165) is 19.5 Å². The first kappa shape index (κ1) is 13.3. The lowest BCUT2D eigenvalue weighted by Crippen LogP contribution is -2.50. The summed E-state index contributed by atoms with van der Waals surface area (Å²) < 4.78 is 0. The van der Waals surface area contributed by atoms with Crippen molar-refractivity contribution in [3.63, 3.8) is 0 Å². The maximum atomic E-state index is 12.3. The minimum atomic E-state index is -0.187. The minimum absolute atomic E-state index is 0.187. The van der Waals surface area contributed by atoms with E-state index in [0.29, 0.717) is 23.7 Å². The van der Waals surface area contributed by atoms with Gasteiger partial charge < -0.3 is 5.73 Å². The Hall–Kier alpha value is -1.72. The molecule has 0 aliphatic carbocycles. The van der Waals surface area contributed by atoms with Gasteiger partial charge in [0.05, 0.1) is 17.8 Å². The van der Waals surface area contributed by atoms with Crippen molar-refractivity contribution in [1.82, 2.24) is 9.80 Å². The number of amides is 2. The predicted octanol–water partition coefficient (Wildman–Crippen LogP) is 0.909. The number of rotatable bonds is 2. The van der Waals surface area contributed by atoms with Gasteiger partial charge in [0.2, 0.25) is 0 Å². The Morgan fingerprint density at radius 2 is 1.80 bits per heavy atom. The van der Waals surface area contributed by atoms with Gasteiger partial charge in [0, 0.05) is 19.1 Å². The van der Waals surface area contributed by atoms with Gasteiger partial charge in [-0.25, -0.2) is 0 Å².